The van der Waals surface area contributed by atoms with Gasteiger partial charge in [-0.3, -0.25) is 9.36 Å². The van der Waals surface area contributed by atoms with Crippen molar-refractivity contribution < 1.29 is 14.3 Å². The van der Waals surface area contributed by atoms with Gasteiger partial charge in [-0.05, 0) is 54.5 Å². The van der Waals surface area contributed by atoms with Gasteiger partial charge in [-0.25, -0.2) is 9.79 Å². The first-order chi connectivity index (χ1) is 17.4. The van der Waals surface area contributed by atoms with Gasteiger partial charge in [0.15, 0.2) is 4.80 Å². The molecule has 0 N–H and O–H groups in total. The topological polar surface area (TPSA) is 69.9 Å². The van der Waals surface area contributed by atoms with Crippen LogP contribution in [0.4, 0.5) is 0 Å². The van der Waals surface area contributed by atoms with E-state index in [-0.39, 0.29) is 12.2 Å². The van der Waals surface area contributed by atoms with Crippen molar-refractivity contribution in [1.29, 1.82) is 0 Å². The van der Waals surface area contributed by atoms with Crippen LogP contribution in [0.2, 0.25) is 0 Å². The molecular formula is C28H23BrN2O4S. The summed E-state index contributed by atoms with van der Waals surface area (Å²) in [4.78, 5) is 32.1. The van der Waals surface area contributed by atoms with Crippen molar-refractivity contribution >= 4 is 50.1 Å². The van der Waals surface area contributed by atoms with Gasteiger partial charge in [0.1, 0.15) is 5.75 Å². The molecule has 36 heavy (non-hydrogen) atoms. The number of allylic oxidation sites excluding steroid dienone is 1. The number of fused-ring (bicyclic) bond motifs is 2. The number of thiazole rings is 1. The van der Waals surface area contributed by atoms with Crippen molar-refractivity contribution in [3.63, 3.8) is 0 Å². The van der Waals surface area contributed by atoms with Crippen LogP contribution >= 0.6 is 27.3 Å². The Morgan fingerprint density at radius 1 is 1.14 bits per heavy atom. The first-order valence-corrected chi connectivity index (χ1v) is 13.0. The Morgan fingerprint density at radius 3 is 2.61 bits per heavy atom. The summed E-state index contributed by atoms with van der Waals surface area (Å²) in [5, 5.41) is 2.03. The number of hydrogen-bond donors (Lipinski definition) is 0. The molecule has 1 atom stereocenters. The second-order valence-electron chi connectivity index (χ2n) is 8.26. The third-order valence-corrected chi connectivity index (χ3v) is 7.64. The fourth-order valence-corrected chi connectivity index (χ4v) is 5.78. The number of nitrogens with zero attached hydrogens (tertiary/aromatic N) is 2. The molecule has 1 aliphatic heterocycles. The fraction of sp³-hybridized carbons (Fsp3) is 0.179. The third kappa shape index (κ3) is 4.20. The molecule has 3 aromatic carbocycles. The highest BCUT2D eigenvalue weighted by atomic mass is 79.9. The van der Waals surface area contributed by atoms with Crippen molar-refractivity contribution in [2.75, 3.05) is 13.7 Å². The first-order valence-electron chi connectivity index (χ1n) is 11.4. The van der Waals surface area contributed by atoms with Crippen LogP contribution in [0.1, 0.15) is 31.0 Å². The molecule has 0 saturated carbocycles. The minimum absolute atomic E-state index is 0.226. The van der Waals surface area contributed by atoms with Crippen LogP contribution in [0.25, 0.3) is 16.8 Å². The molecule has 5 rings (SSSR count). The number of aromatic nitrogens is 1. The Hall–Kier alpha value is -3.49. The molecule has 0 radical (unpaired) electrons. The number of esters is 1. The standard InChI is InChI=1S/C28H23BrN2O4S/c1-4-35-27(33)24-16(2)30-28-31(25(24)18-9-12-19(29)13-10-18)26(32)23(36-28)15-21-20-8-6-5-7-17(20)11-14-22(21)34-3/h5-15,25H,4H2,1-3H3/t25-/m1/s1. The Balaban J connectivity index is 1.78. The minimum Gasteiger partial charge on any atom is -0.496 e. The summed E-state index contributed by atoms with van der Waals surface area (Å²) in [5.41, 5.74) is 2.29. The smallest absolute Gasteiger partial charge is 0.338 e. The van der Waals surface area contributed by atoms with E-state index in [4.69, 9.17) is 9.47 Å². The van der Waals surface area contributed by atoms with Crippen molar-refractivity contribution in [1.82, 2.24) is 4.57 Å². The zero-order valence-electron chi connectivity index (χ0n) is 19.9. The van der Waals surface area contributed by atoms with Crippen LogP contribution in [0, 0.1) is 0 Å². The summed E-state index contributed by atoms with van der Waals surface area (Å²) in [7, 11) is 1.62. The molecule has 6 nitrogen and oxygen atoms in total. The number of hydrogen-bond acceptors (Lipinski definition) is 6. The highest BCUT2D eigenvalue weighted by Crippen LogP contribution is 2.32. The van der Waals surface area contributed by atoms with Crippen LogP contribution in [0.3, 0.4) is 0 Å². The van der Waals surface area contributed by atoms with Gasteiger partial charge in [0.25, 0.3) is 5.56 Å². The van der Waals surface area contributed by atoms with Crippen LogP contribution in [0.15, 0.2) is 86.2 Å². The normalized spacial score (nSPS) is 15.6. The van der Waals surface area contributed by atoms with Gasteiger partial charge in [0.05, 0.1) is 35.6 Å². The number of carbonyl (C=O) groups excluding carboxylic acids is 1. The molecule has 0 unspecified atom stereocenters. The molecule has 0 bridgehead atoms. The van der Waals surface area contributed by atoms with E-state index in [0.717, 1.165) is 26.4 Å². The Kier molecular flexibility index (Phi) is 6.64. The summed E-state index contributed by atoms with van der Waals surface area (Å²) >= 11 is 4.76. The molecule has 1 aromatic heterocycles. The van der Waals surface area contributed by atoms with E-state index in [9.17, 15) is 9.59 Å². The second-order valence-corrected chi connectivity index (χ2v) is 10.2. The molecule has 0 fully saturated rings. The molecular weight excluding hydrogens is 540 g/mol. The minimum atomic E-state index is -0.648. The van der Waals surface area contributed by atoms with Gasteiger partial charge >= 0.3 is 5.97 Å². The van der Waals surface area contributed by atoms with Gasteiger partial charge < -0.3 is 9.47 Å². The maximum absolute atomic E-state index is 13.9. The van der Waals surface area contributed by atoms with Crippen molar-refractivity contribution in [3.05, 3.63) is 107 Å². The Morgan fingerprint density at radius 2 is 1.89 bits per heavy atom. The second kappa shape index (κ2) is 9.87. The van der Waals surface area contributed by atoms with Crippen LogP contribution in [0.5, 0.6) is 5.75 Å². The SMILES string of the molecule is CCOC(=O)C1=C(C)N=c2sc(=Cc3c(OC)ccc4ccccc34)c(=O)n2[C@@H]1c1ccc(Br)cc1. The molecule has 1 aliphatic rings. The fourth-order valence-electron chi connectivity index (χ4n) is 4.49. The molecule has 0 spiro atoms. The number of halogens is 1. The largest absolute Gasteiger partial charge is 0.496 e. The highest BCUT2D eigenvalue weighted by Gasteiger charge is 2.33. The van der Waals surface area contributed by atoms with Crippen LogP contribution in [-0.4, -0.2) is 24.3 Å². The molecule has 0 saturated heterocycles. The average molecular weight is 563 g/mol. The number of ether oxygens (including phenoxy) is 2. The van der Waals surface area contributed by atoms with E-state index in [1.54, 1.807) is 25.5 Å². The zero-order valence-corrected chi connectivity index (χ0v) is 22.4. The maximum atomic E-state index is 13.9. The van der Waals surface area contributed by atoms with Crippen molar-refractivity contribution in [2.24, 2.45) is 4.99 Å². The van der Waals surface area contributed by atoms with E-state index in [0.29, 0.717) is 26.4 Å². The summed E-state index contributed by atoms with van der Waals surface area (Å²) in [6.45, 7) is 3.77. The van der Waals surface area contributed by atoms with Gasteiger partial charge in [0, 0.05) is 10.0 Å². The van der Waals surface area contributed by atoms with E-state index >= 15 is 0 Å². The van der Waals surface area contributed by atoms with E-state index in [2.05, 4.69) is 20.9 Å². The highest BCUT2D eigenvalue weighted by molar-refractivity contribution is 9.10. The summed E-state index contributed by atoms with van der Waals surface area (Å²) in [6, 6.07) is 18.8. The quantitative estimate of drug-likeness (QED) is 0.330. The lowest BCUT2D eigenvalue weighted by atomic mass is 9.96. The van der Waals surface area contributed by atoms with Crippen LogP contribution < -0.4 is 19.6 Å². The molecule has 4 aromatic rings. The van der Waals surface area contributed by atoms with Gasteiger partial charge in [0.2, 0.25) is 0 Å². The van der Waals surface area contributed by atoms with E-state index in [1.165, 1.54) is 11.3 Å². The monoisotopic (exact) mass is 562 g/mol. The van der Waals surface area contributed by atoms with E-state index in [1.807, 2.05) is 66.7 Å². The van der Waals surface area contributed by atoms with Gasteiger partial charge in [-0.2, -0.15) is 0 Å². The van der Waals surface area contributed by atoms with Crippen molar-refractivity contribution in [3.8, 4) is 5.75 Å². The molecule has 0 amide bonds. The predicted octanol–water partition coefficient (Wildman–Crippen LogP) is 4.72. The van der Waals surface area contributed by atoms with Crippen molar-refractivity contribution in [2.45, 2.75) is 19.9 Å². The van der Waals surface area contributed by atoms with Gasteiger partial charge in [-0.1, -0.05) is 69.7 Å². The average Bonchev–Trinajstić information content (AvgIpc) is 3.18. The summed E-state index contributed by atoms with van der Waals surface area (Å²) in [6.07, 6.45) is 1.85. The number of carbonyl (C=O) groups is 1. The zero-order chi connectivity index (χ0) is 25.4. The lowest BCUT2D eigenvalue weighted by molar-refractivity contribution is -0.139. The summed E-state index contributed by atoms with van der Waals surface area (Å²) in [5.74, 6) is 0.198. The molecule has 182 valence electrons. The first kappa shape index (κ1) is 24.2. The molecule has 2 heterocycles. The maximum Gasteiger partial charge on any atom is 0.338 e. The molecule has 0 aliphatic carbocycles. The Bertz CT molecular complexity index is 1700. The predicted molar refractivity (Wildman–Crippen MR) is 145 cm³/mol. The third-order valence-electron chi connectivity index (χ3n) is 6.13. The molecule has 8 heteroatoms. The lowest BCUT2D eigenvalue weighted by Crippen LogP contribution is -2.39. The van der Waals surface area contributed by atoms with Crippen LogP contribution in [-0.2, 0) is 9.53 Å². The number of methoxy groups -OCH3 is 1. The number of benzene rings is 3. The summed E-state index contributed by atoms with van der Waals surface area (Å²) < 4.78 is 14.0. The lowest BCUT2D eigenvalue weighted by Gasteiger charge is -2.24. The van der Waals surface area contributed by atoms with Gasteiger partial charge in [-0.15, -0.1) is 0 Å². The van der Waals surface area contributed by atoms with E-state index < -0.39 is 12.0 Å². The number of rotatable bonds is 5. The Labute approximate surface area is 220 Å².